The molecule has 0 spiro atoms. The van der Waals surface area contributed by atoms with Crippen LogP contribution in [0.4, 0.5) is 0 Å². The van der Waals surface area contributed by atoms with E-state index in [0.29, 0.717) is 26.1 Å². The van der Waals surface area contributed by atoms with Crippen molar-refractivity contribution in [1.82, 2.24) is 15.5 Å². The molecule has 2 aromatic rings. The number of rotatable bonds is 10. The second-order valence-electron chi connectivity index (χ2n) is 6.78. The molecule has 170 valence electrons. The number of carbonyl (C=O) groups excluding carboxylic acids is 1. The zero-order valence-electron chi connectivity index (χ0n) is 18.7. The molecule has 0 saturated carbocycles. The standard InChI is InChI=1S/C23H32N4O3.HI/c1-5-24-23(25-14-13-22(28)26-16-18-9-7-6-8-10-18)27(2)17-19-11-12-20(29-3)15-21(19)30-4;/h6-12,15H,5,13-14,16-17H2,1-4H3,(H,24,25)(H,26,28);1H. The van der Waals surface area contributed by atoms with Crippen molar-refractivity contribution < 1.29 is 14.3 Å². The number of amides is 1. The van der Waals surface area contributed by atoms with E-state index in [1.54, 1.807) is 14.2 Å². The summed E-state index contributed by atoms with van der Waals surface area (Å²) in [6, 6.07) is 15.6. The van der Waals surface area contributed by atoms with Crippen molar-refractivity contribution in [2.45, 2.75) is 26.4 Å². The Morgan fingerprint density at radius 2 is 1.81 bits per heavy atom. The third kappa shape index (κ3) is 9.04. The molecule has 0 aliphatic rings. The van der Waals surface area contributed by atoms with Crippen molar-refractivity contribution in [3.63, 3.8) is 0 Å². The van der Waals surface area contributed by atoms with Crippen LogP contribution in [0.3, 0.4) is 0 Å². The molecule has 0 aromatic heterocycles. The monoisotopic (exact) mass is 540 g/mol. The highest BCUT2D eigenvalue weighted by molar-refractivity contribution is 14.0. The Bertz CT molecular complexity index is 831. The van der Waals surface area contributed by atoms with E-state index in [1.165, 1.54) is 0 Å². The minimum Gasteiger partial charge on any atom is -0.497 e. The summed E-state index contributed by atoms with van der Waals surface area (Å²) in [5, 5.41) is 6.20. The number of hydrogen-bond donors (Lipinski definition) is 2. The molecule has 0 heterocycles. The average Bonchev–Trinajstić information content (AvgIpc) is 2.78. The molecule has 0 radical (unpaired) electrons. The zero-order chi connectivity index (χ0) is 21.8. The summed E-state index contributed by atoms with van der Waals surface area (Å²) in [4.78, 5) is 18.7. The van der Waals surface area contributed by atoms with Gasteiger partial charge < -0.3 is 25.0 Å². The number of methoxy groups -OCH3 is 2. The molecular weight excluding hydrogens is 507 g/mol. The topological polar surface area (TPSA) is 75.2 Å². The SMILES string of the molecule is CCNC(=NCCC(=O)NCc1ccccc1)N(C)Cc1ccc(OC)cc1OC.I. The van der Waals surface area contributed by atoms with Gasteiger partial charge in [0.25, 0.3) is 0 Å². The maximum absolute atomic E-state index is 12.1. The number of nitrogens with one attached hydrogen (secondary N) is 2. The van der Waals surface area contributed by atoms with E-state index in [4.69, 9.17) is 9.47 Å². The molecule has 31 heavy (non-hydrogen) atoms. The van der Waals surface area contributed by atoms with Gasteiger partial charge in [0.15, 0.2) is 5.96 Å². The zero-order valence-corrected chi connectivity index (χ0v) is 21.0. The van der Waals surface area contributed by atoms with Gasteiger partial charge in [-0.05, 0) is 24.6 Å². The molecule has 7 nitrogen and oxygen atoms in total. The first-order valence-electron chi connectivity index (χ1n) is 10.1. The van der Waals surface area contributed by atoms with Gasteiger partial charge in [0.1, 0.15) is 11.5 Å². The summed E-state index contributed by atoms with van der Waals surface area (Å²) in [7, 11) is 5.23. The maximum Gasteiger partial charge on any atom is 0.222 e. The Hall–Kier alpha value is -2.49. The van der Waals surface area contributed by atoms with Crippen LogP contribution in [-0.4, -0.2) is 51.1 Å². The highest BCUT2D eigenvalue weighted by Gasteiger charge is 2.11. The Balaban J connectivity index is 0.00000480. The van der Waals surface area contributed by atoms with Crippen LogP contribution in [0, 0.1) is 0 Å². The number of ether oxygens (including phenoxy) is 2. The quantitative estimate of drug-likeness (QED) is 0.275. The number of nitrogens with zero attached hydrogens (tertiary/aromatic N) is 2. The van der Waals surface area contributed by atoms with Crippen molar-refractivity contribution in [2.24, 2.45) is 4.99 Å². The molecule has 0 aliphatic heterocycles. The average molecular weight is 540 g/mol. The van der Waals surface area contributed by atoms with Gasteiger partial charge >= 0.3 is 0 Å². The lowest BCUT2D eigenvalue weighted by Crippen LogP contribution is -2.38. The summed E-state index contributed by atoms with van der Waals surface area (Å²) < 4.78 is 10.7. The van der Waals surface area contributed by atoms with Crippen molar-refractivity contribution in [1.29, 1.82) is 0 Å². The lowest BCUT2D eigenvalue weighted by Gasteiger charge is -2.23. The molecule has 2 rings (SSSR count). The number of guanidine groups is 1. The minimum absolute atomic E-state index is 0. The second-order valence-corrected chi connectivity index (χ2v) is 6.78. The fraction of sp³-hybridized carbons (Fsp3) is 0.391. The smallest absolute Gasteiger partial charge is 0.222 e. The minimum atomic E-state index is -0.0158. The van der Waals surface area contributed by atoms with E-state index in [2.05, 4.69) is 15.6 Å². The Kier molecular flexibility index (Phi) is 12.4. The summed E-state index contributed by atoms with van der Waals surface area (Å²) in [5.41, 5.74) is 2.10. The van der Waals surface area contributed by atoms with E-state index in [9.17, 15) is 4.79 Å². The van der Waals surface area contributed by atoms with Gasteiger partial charge in [-0.1, -0.05) is 30.3 Å². The van der Waals surface area contributed by atoms with Crippen molar-refractivity contribution in [3.8, 4) is 11.5 Å². The van der Waals surface area contributed by atoms with E-state index in [-0.39, 0.29) is 29.9 Å². The van der Waals surface area contributed by atoms with Crippen molar-refractivity contribution in [3.05, 3.63) is 59.7 Å². The van der Waals surface area contributed by atoms with E-state index < -0.39 is 0 Å². The van der Waals surface area contributed by atoms with E-state index in [1.807, 2.05) is 67.4 Å². The normalized spacial score (nSPS) is 10.6. The number of halogens is 1. The first-order valence-corrected chi connectivity index (χ1v) is 10.1. The summed E-state index contributed by atoms with van der Waals surface area (Å²) >= 11 is 0. The van der Waals surface area contributed by atoms with Crippen LogP contribution in [0.15, 0.2) is 53.5 Å². The molecular formula is C23H33IN4O3. The van der Waals surface area contributed by atoms with Crippen LogP contribution in [0.25, 0.3) is 0 Å². The van der Waals surface area contributed by atoms with Gasteiger partial charge in [-0.15, -0.1) is 24.0 Å². The molecule has 0 fully saturated rings. The number of aliphatic imine (C=N–C) groups is 1. The van der Waals surface area contributed by atoms with Crippen LogP contribution < -0.4 is 20.1 Å². The van der Waals surface area contributed by atoms with Gasteiger partial charge in [-0.2, -0.15) is 0 Å². The van der Waals surface area contributed by atoms with Crippen LogP contribution in [0.1, 0.15) is 24.5 Å². The lowest BCUT2D eigenvalue weighted by molar-refractivity contribution is -0.121. The van der Waals surface area contributed by atoms with Crippen LogP contribution >= 0.6 is 24.0 Å². The largest absolute Gasteiger partial charge is 0.497 e. The van der Waals surface area contributed by atoms with Gasteiger partial charge in [-0.3, -0.25) is 9.79 Å². The molecule has 0 unspecified atom stereocenters. The number of hydrogen-bond acceptors (Lipinski definition) is 4. The van der Waals surface area contributed by atoms with Gasteiger partial charge in [-0.25, -0.2) is 0 Å². The molecule has 1 amide bonds. The Labute approximate surface area is 202 Å². The van der Waals surface area contributed by atoms with Gasteiger partial charge in [0, 0.05) is 44.7 Å². The predicted octanol–water partition coefficient (Wildman–Crippen LogP) is 3.43. The Morgan fingerprint density at radius 1 is 1.06 bits per heavy atom. The third-order valence-corrected chi connectivity index (χ3v) is 4.53. The third-order valence-electron chi connectivity index (χ3n) is 4.53. The fourth-order valence-electron chi connectivity index (χ4n) is 2.93. The number of benzene rings is 2. The molecule has 0 bridgehead atoms. The summed E-state index contributed by atoms with van der Waals surface area (Å²) in [6.45, 7) is 4.31. The highest BCUT2D eigenvalue weighted by atomic mass is 127. The first kappa shape index (κ1) is 26.5. The number of carbonyl (C=O) groups is 1. The van der Waals surface area contributed by atoms with Crippen LogP contribution in [-0.2, 0) is 17.9 Å². The fourth-order valence-corrected chi connectivity index (χ4v) is 2.93. The van der Waals surface area contributed by atoms with E-state index >= 15 is 0 Å². The van der Waals surface area contributed by atoms with Gasteiger partial charge in [0.05, 0.1) is 20.8 Å². The first-order chi connectivity index (χ1) is 14.6. The summed E-state index contributed by atoms with van der Waals surface area (Å²) in [6.07, 6.45) is 0.335. The maximum atomic E-state index is 12.1. The van der Waals surface area contributed by atoms with Crippen molar-refractivity contribution in [2.75, 3.05) is 34.4 Å². The van der Waals surface area contributed by atoms with E-state index in [0.717, 1.165) is 35.1 Å². The second kappa shape index (κ2) is 14.5. The molecule has 0 saturated heterocycles. The van der Waals surface area contributed by atoms with Crippen LogP contribution in [0.2, 0.25) is 0 Å². The molecule has 0 atom stereocenters. The predicted molar refractivity (Wildman–Crippen MR) is 135 cm³/mol. The molecule has 2 N–H and O–H groups in total. The van der Waals surface area contributed by atoms with Crippen LogP contribution in [0.5, 0.6) is 11.5 Å². The Morgan fingerprint density at radius 3 is 2.45 bits per heavy atom. The van der Waals surface area contributed by atoms with Gasteiger partial charge in [0.2, 0.25) is 5.91 Å². The molecule has 0 aliphatic carbocycles. The summed E-state index contributed by atoms with van der Waals surface area (Å²) in [5.74, 6) is 2.24. The highest BCUT2D eigenvalue weighted by Crippen LogP contribution is 2.25. The molecule has 2 aromatic carbocycles. The van der Waals surface area contributed by atoms with Crippen molar-refractivity contribution >= 4 is 35.8 Å². The molecule has 8 heteroatoms. The lowest BCUT2D eigenvalue weighted by atomic mass is 10.2.